The maximum atomic E-state index is 6.07. The summed E-state index contributed by atoms with van der Waals surface area (Å²) in [6, 6.07) is 1.04. The zero-order valence-electron chi connectivity index (χ0n) is 12.7. The van der Waals surface area contributed by atoms with Crippen molar-refractivity contribution < 1.29 is 9.47 Å². The summed E-state index contributed by atoms with van der Waals surface area (Å²) in [5, 5.41) is 3.65. The molecule has 0 aromatic rings. The lowest BCUT2D eigenvalue weighted by molar-refractivity contribution is -0.0781. The highest BCUT2D eigenvalue weighted by molar-refractivity contribution is 4.89. The van der Waals surface area contributed by atoms with Crippen LogP contribution in [0.1, 0.15) is 33.6 Å². The minimum atomic E-state index is 0.308. The van der Waals surface area contributed by atoms with E-state index in [4.69, 9.17) is 9.47 Å². The van der Waals surface area contributed by atoms with Crippen molar-refractivity contribution in [3.05, 3.63) is 0 Å². The molecule has 0 radical (unpaired) electrons. The summed E-state index contributed by atoms with van der Waals surface area (Å²) in [4.78, 5) is 2.53. The molecule has 3 atom stereocenters. The van der Waals surface area contributed by atoms with Gasteiger partial charge in [0.15, 0.2) is 0 Å². The van der Waals surface area contributed by atoms with E-state index in [9.17, 15) is 0 Å². The first-order valence-corrected chi connectivity index (χ1v) is 7.89. The summed E-state index contributed by atoms with van der Waals surface area (Å²) in [6.45, 7) is 12.5. The molecule has 2 saturated heterocycles. The Bertz CT molecular complexity index is 255. The van der Waals surface area contributed by atoms with Gasteiger partial charge in [-0.25, -0.2) is 0 Å². The second-order valence-corrected chi connectivity index (χ2v) is 6.06. The number of hydrogen-bond acceptors (Lipinski definition) is 4. The van der Waals surface area contributed by atoms with Crippen LogP contribution in [0.4, 0.5) is 0 Å². The van der Waals surface area contributed by atoms with Gasteiger partial charge in [-0.15, -0.1) is 0 Å². The Morgan fingerprint density at radius 3 is 2.79 bits per heavy atom. The van der Waals surface area contributed by atoms with Gasteiger partial charge in [0.05, 0.1) is 19.3 Å². The minimum Gasteiger partial charge on any atom is -0.381 e. The van der Waals surface area contributed by atoms with E-state index in [1.165, 1.54) is 12.8 Å². The van der Waals surface area contributed by atoms with Crippen molar-refractivity contribution in [3.63, 3.8) is 0 Å². The van der Waals surface area contributed by atoms with Crippen LogP contribution in [-0.2, 0) is 9.47 Å². The summed E-state index contributed by atoms with van der Waals surface area (Å²) in [7, 11) is 0. The number of nitrogens with zero attached hydrogens (tertiary/aromatic N) is 1. The van der Waals surface area contributed by atoms with Crippen LogP contribution in [0, 0.1) is 5.92 Å². The maximum absolute atomic E-state index is 6.07. The minimum absolute atomic E-state index is 0.308. The van der Waals surface area contributed by atoms with Crippen LogP contribution in [0.25, 0.3) is 0 Å². The van der Waals surface area contributed by atoms with Crippen LogP contribution in [0.2, 0.25) is 0 Å². The second-order valence-electron chi connectivity index (χ2n) is 6.06. The zero-order chi connectivity index (χ0) is 13.7. The molecule has 2 fully saturated rings. The Hall–Kier alpha value is -0.160. The largest absolute Gasteiger partial charge is 0.381 e. The predicted octanol–water partition coefficient (Wildman–Crippen LogP) is 1.50. The number of likely N-dealkylation sites (N-methyl/N-ethyl adjacent to an activating group) is 1. The maximum Gasteiger partial charge on any atom is 0.0858 e. The highest BCUT2D eigenvalue weighted by atomic mass is 16.5. The Labute approximate surface area is 117 Å². The molecule has 0 aromatic carbocycles. The Kier molecular flexibility index (Phi) is 6.07. The first kappa shape index (κ1) is 15.2. The fraction of sp³-hybridized carbons (Fsp3) is 1.00. The molecular formula is C15H30N2O2. The van der Waals surface area contributed by atoms with E-state index in [-0.39, 0.29) is 0 Å². The van der Waals surface area contributed by atoms with E-state index < -0.39 is 0 Å². The molecule has 2 heterocycles. The van der Waals surface area contributed by atoms with Crippen LogP contribution in [-0.4, -0.2) is 62.5 Å². The molecular weight excluding hydrogens is 240 g/mol. The summed E-state index contributed by atoms with van der Waals surface area (Å²) in [6.07, 6.45) is 2.76. The third-order valence-electron chi connectivity index (χ3n) is 4.40. The molecule has 0 saturated carbocycles. The number of morpholine rings is 1. The lowest BCUT2D eigenvalue weighted by Crippen LogP contribution is -2.57. The molecule has 0 aromatic heterocycles. The molecule has 4 nitrogen and oxygen atoms in total. The van der Waals surface area contributed by atoms with Crippen molar-refractivity contribution >= 4 is 0 Å². The monoisotopic (exact) mass is 270 g/mol. The fourth-order valence-corrected chi connectivity index (χ4v) is 3.27. The predicted molar refractivity (Wildman–Crippen MR) is 77.5 cm³/mol. The van der Waals surface area contributed by atoms with Gasteiger partial charge in [0.25, 0.3) is 0 Å². The first-order chi connectivity index (χ1) is 9.22. The Balaban J connectivity index is 1.96. The normalized spacial score (nSPS) is 31.6. The third kappa shape index (κ3) is 4.15. The molecule has 0 spiro atoms. The summed E-state index contributed by atoms with van der Waals surface area (Å²) in [5.41, 5.74) is 0. The van der Waals surface area contributed by atoms with E-state index >= 15 is 0 Å². The van der Waals surface area contributed by atoms with Gasteiger partial charge in [-0.3, -0.25) is 4.90 Å². The first-order valence-electron chi connectivity index (χ1n) is 7.89. The quantitative estimate of drug-likeness (QED) is 0.821. The molecule has 1 N–H and O–H groups in total. The van der Waals surface area contributed by atoms with Crippen molar-refractivity contribution in [2.24, 2.45) is 5.92 Å². The molecule has 3 unspecified atom stereocenters. The molecule has 2 aliphatic heterocycles. The molecule has 0 amide bonds. The molecule has 19 heavy (non-hydrogen) atoms. The lowest BCUT2D eigenvalue weighted by atomic mass is 9.89. The third-order valence-corrected chi connectivity index (χ3v) is 4.40. The number of hydrogen-bond donors (Lipinski definition) is 1. The average Bonchev–Trinajstić information content (AvgIpc) is 2.46. The SMILES string of the molecule is CCNC(C1CCCOC1)C1CN(C(C)C)CCO1. The standard InChI is InChI=1S/C15H30N2O2/c1-4-16-15(13-6-5-8-18-11-13)14-10-17(12(2)3)7-9-19-14/h12-16H,4-11H2,1-3H3. The molecule has 112 valence electrons. The van der Waals surface area contributed by atoms with Crippen LogP contribution in [0.15, 0.2) is 0 Å². The topological polar surface area (TPSA) is 33.7 Å². The molecule has 0 aliphatic carbocycles. The van der Waals surface area contributed by atoms with E-state index in [1.54, 1.807) is 0 Å². The molecule has 0 bridgehead atoms. The highest BCUT2D eigenvalue weighted by Gasteiger charge is 2.34. The van der Waals surface area contributed by atoms with Crippen LogP contribution in [0.5, 0.6) is 0 Å². The van der Waals surface area contributed by atoms with Gasteiger partial charge in [0, 0.05) is 37.7 Å². The van der Waals surface area contributed by atoms with Gasteiger partial charge in [-0.2, -0.15) is 0 Å². The fourth-order valence-electron chi connectivity index (χ4n) is 3.27. The number of nitrogens with one attached hydrogen (secondary N) is 1. The Morgan fingerprint density at radius 2 is 2.16 bits per heavy atom. The summed E-state index contributed by atoms with van der Waals surface area (Å²) in [5.74, 6) is 0.603. The Morgan fingerprint density at radius 1 is 1.32 bits per heavy atom. The van der Waals surface area contributed by atoms with Gasteiger partial charge in [-0.1, -0.05) is 6.92 Å². The van der Waals surface area contributed by atoms with Crippen molar-refractivity contribution in [2.45, 2.75) is 51.8 Å². The van der Waals surface area contributed by atoms with Crippen molar-refractivity contribution in [1.82, 2.24) is 10.2 Å². The van der Waals surface area contributed by atoms with E-state index in [1.807, 2.05) is 0 Å². The van der Waals surface area contributed by atoms with E-state index in [0.29, 0.717) is 24.1 Å². The number of rotatable bonds is 5. The van der Waals surface area contributed by atoms with Gasteiger partial charge >= 0.3 is 0 Å². The van der Waals surface area contributed by atoms with Crippen molar-refractivity contribution in [2.75, 3.05) is 39.5 Å². The van der Waals surface area contributed by atoms with E-state index in [0.717, 1.165) is 39.5 Å². The average molecular weight is 270 g/mol. The van der Waals surface area contributed by atoms with Gasteiger partial charge in [0.2, 0.25) is 0 Å². The van der Waals surface area contributed by atoms with Crippen molar-refractivity contribution in [3.8, 4) is 0 Å². The second kappa shape index (κ2) is 7.58. The van der Waals surface area contributed by atoms with Gasteiger partial charge in [0.1, 0.15) is 0 Å². The lowest BCUT2D eigenvalue weighted by Gasteiger charge is -2.42. The van der Waals surface area contributed by atoms with Gasteiger partial charge in [-0.05, 0) is 33.2 Å². The van der Waals surface area contributed by atoms with Crippen LogP contribution in [0.3, 0.4) is 0 Å². The smallest absolute Gasteiger partial charge is 0.0858 e. The number of ether oxygens (including phenoxy) is 2. The summed E-state index contributed by atoms with van der Waals surface area (Å²) < 4.78 is 11.7. The molecule has 2 aliphatic rings. The highest BCUT2D eigenvalue weighted by Crippen LogP contribution is 2.23. The summed E-state index contributed by atoms with van der Waals surface area (Å²) >= 11 is 0. The molecule has 2 rings (SSSR count). The molecule has 4 heteroatoms. The zero-order valence-corrected chi connectivity index (χ0v) is 12.7. The van der Waals surface area contributed by atoms with Gasteiger partial charge < -0.3 is 14.8 Å². The van der Waals surface area contributed by atoms with Crippen LogP contribution >= 0.6 is 0 Å². The van der Waals surface area contributed by atoms with E-state index in [2.05, 4.69) is 31.0 Å². The van der Waals surface area contributed by atoms with Crippen molar-refractivity contribution in [1.29, 1.82) is 0 Å². The van der Waals surface area contributed by atoms with Crippen LogP contribution < -0.4 is 5.32 Å².